The third-order valence-corrected chi connectivity index (χ3v) is 10.6. The van der Waals surface area contributed by atoms with E-state index in [1.165, 1.54) is 257 Å². The summed E-state index contributed by atoms with van der Waals surface area (Å²) in [5, 5.41) is 0. The van der Waals surface area contributed by atoms with Crippen molar-refractivity contribution >= 4 is 0 Å². The fraction of sp³-hybridized carbons (Fsp3) is 1.00. The monoisotopic (exact) mass is 619 g/mol. The zero-order valence-electron chi connectivity index (χ0n) is 31.9. The van der Waals surface area contributed by atoms with Gasteiger partial charge in [-0.3, -0.25) is 0 Å². The van der Waals surface area contributed by atoms with E-state index in [0.717, 1.165) is 5.92 Å². The standard InChI is InChI=1S/C44H90/c1-4-6-8-10-12-14-16-18-20-21-22-23-24-25-26-27-28-29-31-33-35-37-39-41-43-44(3)42-40-38-36-34-32-30-19-17-15-13-11-9-7-5-2/h44H,4-43H2,1-3H3. The van der Waals surface area contributed by atoms with Crippen molar-refractivity contribution in [2.24, 2.45) is 5.92 Å². The van der Waals surface area contributed by atoms with Crippen LogP contribution in [0, 0.1) is 5.92 Å². The maximum absolute atomic E-state index is 2.51. The first-order chi connectivity index (χ1) is 21.8. The van der Waals surface area contributed by atoms with E-state index in [1.54, 1.807) is 0 Å². The van der Waals surface area contributed by atoms with E-state index in [2.05, 4.69) is 20.8 Å². The second-order valence-electron chi connectivity index (χ2n) is 15.4. The van der Waals surface area contributed by atoms with Gasteiger partial charge in [0, 0.05) is 0 Å². The van der Waals surface area contributed by atoms with Crippen molar-refractivity contribution in [1.82, 2.24) is 0 Å². The van der Waals surface area contributed by atoms with Crippen LogP contribution in [0.2, 0.25) is 0 Å². The minimum absolute atomic E-state index is 0.965. The van der Waals surface area contributed by atoms with E-state index in [4.69, 9.17) is 0 Å². The summed E-state index contributed by atoms with van der Waals surface area (Å²) in [5.74, 6) is 0.965. The Labute approximate surface area is 282 Å². The minimum atomic E-state index is 0.965. The molecule has 0 heteroatoms. The molecule has 0 saturated heterocycles. The maximum atomic E-state index is 2.51. The Morgan fingerprint density at radius 3 is 0.500 bits per heavy atom. The molecular formula is C44H90. The van der Waals surface area contributed by atoms with E-state index in [1.807, 2.05) is 0 Å². The molecule has 0 aliphatic heterocycles. The quantitative estimate of drug-likeness (QED) is 0.0599. The fourth-order valence-corrected chi connectivity index (χ4v) is 7.29. The molecule has 0 aromatic carbocycles. The van der Waals surface area contributed by atoms with Crippen molar-refractivity contribution in [2.45, 2.75) is 278 Å². The summed E-state index contributed by atoms with van der Waals surface area (Å²) >= 11 is 0. The van der Waals surface area contributed by atoms with Gasteiger partial charge in [-0.2, -0.15) is 0 Å². The van der Waals surface area contributed by atoms with Gasteiger partial charge in [0.1, 0.15) is 0 Å². The Morgan fingerprint density at radius 2 is 0.341 bits per heavy atom. The maximum Gasteiger partial charge on any atom is -0.0443 e. The van der Waals surface area contributed by atoms with Gasteiger partial charge in [0.2, 0.25) is 0 Å². The Hall–Kier alpha value is 0. The van der Waals surface area contributed by atoms with Crippen molar-refractivity contribution < 1.29 is 0 Å². The van der Waals surface area contributed by atoms with Crippen LogP contribution >= 0.6 is 0 Å². The van der Waals surface area contributed by atoms with Gasteiger partial charge >= 0.3 is 0 Å². The highest BCUT2D eigenvalue weighted by atomic mass is 14.1. The molecule has 0 amide bonds. The summed E-state index contributed by atoms with van der Waals surface area (Å²) in [6.45, 7) is 7.14. The third kappa shape index (κ3) is 40.0. The molecular weight excluding hydrogens is 528 g/mol. The summed E-state index contributed by atoms with van der Waals surface area (Å²) in [5.41, 5.74) is 0. The number of rotatable bonds is 40. The molecule has 266 valence electrons. The first-order valence-corrected chi connectivity index (χ1v) is 21.8. The Balaban J connectivity index is 3.13. The van der Waals surface area contributed by atoms with Gasteiger partial charge in [-0.25, -0.2) is 0 Å². The second-order valence-corrected chi connectivity index (χ2v) is 15.4. The number of hydrogen-bond acceptors (Lipinski definition) is 0. The summed E-state index contributed by atoms with van der Waals surface area (Å²) in [6.07, 6.45) is 59.2. The molecule has 0 aromatic heterocycles. The average Bonchev–Trinajstić information content (AvgIpc) is 3.03. The molecule has 0 bridgehead atoms. The van der Waals surface area contributed by atoms with E-state index in [-0.39, 0.29) is 0 Å². The first kappa shape index (κ1) is 44.0. The van der Waals surface area contributed by atoms with Gasteiger partial charge in [0.15, 0.2) is 0 Å². The van der Waals surface area contributed by atoms with Crippen LogP contribution in [0.25, 0.3) is 0 Å². The Morgan fingerprint density at radius 1 is 0.205 bits per heavy atom. The van der Waals surface area contributed by atoms with Crippen LogP contribution in [-0.2, 0) is 0 Å². The van der Waals surface area contributed by atoms with Crippen molar-refractivity contribution in [1.29, 1.82) is 0 Å². The van der Waals surface area contributed by atoms with Crippen LogP contribution in [0.1, 0.15) is 278 Å². The number of unbranched alkanes of at least 4 members (excludes halogenated alkanes) is 36. The van der Waals surface area contributed by atoms with Gasteiger partial charge in [-0.15, -0.1) is 0 Å². The van der Waals surface area contributed by atoms with Crippen LogP contribution in [-0.4, -0.2) is 0 Å². The highest BCUT2D eigenvalue weighted by molar-refractivity contribution is 4.57. The van der Waals surface area contributed by atoms with Crippen LogP contribution in [0.15, 0.2) is 0 Å². The highest BCUT2D eigenvalue weighted by Crippen LogP contribution is 2.20. The van der Waals surface area contributed by atoms with Crippen LogP contribution < -0.4 is 0 Å². The van der Waals surface area contributed by atoms with Crippen molar-refractivity contribution in [3.63, 3.8) is 0 Å². The zero-order valence-corrected chi connectivity index (χ0v) is 31.9. The molecule has 0 radical (unpaired) electrons. The lowest BCUT2D eigenvalue weighted by molar-refractivity contribution is 0.429. The molecule has 0 N–H and O–H groups in total. The van der Waals surface area contributed by atoms with Crippen LogP contribution in [0.3, 0.4) is 0 Å². The third-order valence-electron chi connectivity index (χ3n) is 10.6. The topological polar surface area (TPSA) is 0 Å². The lowest BCUT2D eigenvalue weighted by Gasteiger charge is -2.11. The highest BCUT2D eigenvalue weighted by Gasteiger charge is 2.03. The predicted molar refractivity (Wildman–Crippen MR) is 205 cm³/mol. The summed E-state index contributed by atoms with van der Waals surface area (Å²) < 4.78 is 0. The SMILES string of the molecule is CCCCCCCCCCCCCCCCCCCCCCCCCCC(C)CCCCCCCCCCCCCCCC. The van der Waals surface area contributed by atoms with Crippen molar-refractivity contribution in [3.8, 4) is 0 Å². The lowest BCUT2D eigenvalue weighted by atomic mass is 9.95. The molecule has 1 unspecified atom stereocenters. The van der Waals surface area contributed by atoms with Crippen molar-refractivity contribution in [2.75, 3.05) is 0 Å². The van der Waals surface area contributed by atoms with E-state index >= 15 is 0 Å². The molecule has 44 heavy (non-hydrogen) atoms. The first-order valence-electron chi connectivity index (χ1n) is 21.8. The molecule has 0 rings (SSSR count). The molecule has 0 aliphatic carbocycles. The molecule has 0 aromatic rings. The molecule has 0 aliphatic rings. The number of hydrogen-bond donors (Lipinski definition) is 0. The smallest absolute Gasteiger partial charge is 0.0443 e. The van der Waals surface area contributed by atoms with Gasteiger partial charge < -0.3 is 0 Å². The average molecular weight is 619 g/mol. The van der Waals surface area contributed by atoms with E-state index < -0.39 is 0 Å². The molecule has 0 nitrogen and oxygen atoms in total. The van der Waals surface area contributed by atoms with E-state index in [0.29, 0.717) is 0 Å². The lowest BCUT2D eigenvalue weighted by Crippen LogP contribution is -1.95. The molecule has 0 fully saturated rings. The normalized spacial score (nSPS) is 12.3. The Bertz CT molecular complexity index is 467. The molecule has 0 saturated carbocycles. The molecule has 0 heterocycles. The van der Waals surface area contributed by atoms with Crippen molar-refractivity contribution in [3.05, 3.63) is 0 Å². The minimum Gasteiger partial charge on any atom is -0.0654 e. The zero-order chi connectivity index (χ0) is 31.9. The summed E-state index contributed by atoms with van der Waals surface area (Å²) in [6, 6.07) is 0. The fourth-order valence-electron chi connectivity index (χ4n) is 7.29. The van der Waals surface area contributed by atoms with E-state index in [9.17, 15) is 0 Å². The molecule has 1 atom stereocenters. The second kappa shape index (κ2) is 41.0. The van der Waals surface area contributed by atoms with Crippen LogP contribution in [0.4, 0.5) is 0 Å². The Kier molecular flexibility index (Phi) is 41.0. The summed E-state index contributed by atoms with van der Waals surface area (Å²) in [4.78, 5) is 0. The van der Waals surface area contributed by atoms with Gasteiger partial charge in [-0.1, -0.05) is 278 Å². The van der Waals surface area contributed by atoms with Crippen LogP contribution in [0.5, 0.6) is 0 Å². The van der Waals surface area contributed by atoms with Gasteiger partial charge in [-0.05, 0) is 5.92 Å². The summed E-state index contributed by atoms with van der Waals surface area (Å²) in [7, 11) is 0. The van der Waals surface area contributed by atoms with Gasteiger partial charge in [0.25, 0.3) is 0 Å². The van der Waals surface area contributed by atoms with Gasteiger partial charge in [0.05, 0.1) is 0 Å². The predicted octanol–water partition coefficient (Wildman–Crippen LogP) is 17.3. The molecule has 0 spiro atoms. The largest absolute Gasteiger partial charge is 0.0654 e.